The predicted octanol–water partition coefficient (Wildman–Crippen LogP) is 2.85. The molecular weight excluding hydrogens is 214 g/mol. The largest absolute Gasteiger partial charge is 0.382 e. The molecule has 0 saturated carbocycles. The molecule has 0 unspecified atom stereocenters. The van der Waals surface area contributed by atoms with Gasteiger partial charge in [0.1, 0.15) is 0 Å². The van der Waals surface area contributed by atoms with E-state index in [2.05, 4.69) is 26.1 Å². The van der Waals surface area contributed by atoms with Crippen LogP contribution in [0, 0.1) is 5.41 Å². The van der Waals surface area contributed by atoms with Gasteiger partial charge in [0.05, 0.1) is 6.61 Å². The summed E-state index contributed by atoms with van der Waals surface area (Å²) in [5.41, 5.74) is 0.382. The Hall–Kier alpha value is -0.120. The third-order valence-corrected chi connectivity index (χ3v) is 2.52. The van der Waals surface area contributed by atoms with E-state index >= 15 is 0 Å². The standard InChI is InChI=1S/C14H31NO2/c1-5-16-11-7-6-9-15-10-13-17-12-8-14(2,3)4/h15H,5-13H2,1-4H3. The predicted molar refractivity (Wildman–Crippen MR) is 73.5 cm³/mol. The summed E-state index contributed by atoms with van der Waals surface area (Å²) in [7, 11) is 0. The summed E-state index contributed by atoms with van der Waals surface area (Å²) in [4.78, 5) is 0. The van der Waals surface area contributed by atoms with E-state index in [0.717, 1.165) is 52.4 Å². The van der Waals surface area contributed by atoms with E-state index < -0.39 is 0 Å². The zero-order valence-electron chi connectivity index (χ0n) is 12.2. The lowest BCUT2D eigenvalue weighted by atomic mass is 9.93. The average Bonchev–Trinajstić information content (AvgIpc) is 2.24. The van der Waals surface area contributed by atoms with Crippen LogP contribution in [0.15, 0.2) is 0 Å². The number of ether oxygens (including phenoxy) is 2. The van der Waals surface area contributed by atoms with Gasteiger partial charge in [0.25, 0.3) is 0 Å². The van der Waals surface area contributed by atoms with Gasteiger partial charge in [-0.15, -0.1) is 0 Å². The molecule has 104 valence electrons. The van der Waals surface area contributed by atoms with Gasteiger partial charge in [-0.3, -0.25) is 0 Å². The fourth-order valence-corrected chi connectivity index (χ4v) is 1.35. The van der Waals surface area contributed by atoms with Crippen LogP contribution in [-0.4, -0.2) is 39.5 Å². The van der Waals surface area contributed by atoms with Gasteiger partial charge in [-0.25, -0.2) is 0 Å². The first-order chi connectivity index (χ1) is 8.06. The smallest absolute Gasteiger partial charge is 0.0590 e. The fourth-order valence-electron chi connectivity index (χ4n) is 1.35. The van der Waals surface area contributed by atoms with Crippen molar-refractivity contribution in [2.24, 2.45) is 5.41 Å². The molecule has 0 atom stereocenters. The van der Waals surface area contributed by atoms with Crippen molar-refractivity contribution in [3.05, 3.63) is 0 Å². The summed E-state index contributed by atoms with van der Waals surface area (Å²) < 4.78 is 10.8. The average molecular weight is 245 g/mol. The molecule has 3 nitrogen and oxygen atoms in total. The minimum atomic E-state index is 0.382. The third kappa shape index (κ3) is 15.9. The third-order valence-electron chi connectivity index (χ3n) is 2.52. The summed E-state index contributed by atoms with van der Waals surface area (Å²) in [6, 6.07) is 0. The van der Waals surface area contributed by atoms with Gasteiger partial charge in [-0.05, 0) is 38.1 Å². The Bertz CT molecular complexity index is 155. The van der Waals surface area contributed by atoms with Crippen molar-refractivity contribution < 1.29 is 9.47 Å². The normalized spacial score (nSPS) is 12.0. The van der Waals surface area contributed by atoms with E-state index in [1.54, 1.807) is 0 Å². The maximum atomic E-state index is 5.57. The lowest BCUT2D eigenvalue weighted by Crippen LogP contribution is -2.22. The van der Waals surface area contributed by atoms with Crippen LogP contribution in [0.2, 0.25) is 0 Å². The lowest BCUT2D eigenvalue weighted by molar-refractivity contribution is 0.109. The summed E-state index contributed by atoms with van der Waals surface area (Å²) in [6.45, 7) is 14.2. The monoisotopic (exact) mass is 245 g/mol. The highest BCUT2D eigenvalue weighted by atomic mass is 16.5. The van der Waals surface area contributed by atoms with E-state index in [9.17, 15) is 0 Å². The van der Waals surface area contributed by atoms with Crippen LogP contribution < -0.4 is 5.32 Å². The molecular formula is C14H31NO2. The molecule has 3 heteroatoms. The molecule has 0 aliphatic rings. The minimum absolute atomic E-state index is 0.382. The van der Waals surface area contributed by atoms with Crippen LogP contribution in [-0.2, 0) is 9.47 Å². The molecule has 0 fully saturated rings. The van der Waals surface area contributed by atoms with Crippen molar-refractivity contribution >= 4 is 0 Å². The second-order valence-electron chi connectivity index (χ2n) is 5.58. The lowest BCUT2D eigenvalue weighted by Gasteiger charge is -2.17. The van der Waals surface area contributed by atoms with E-state index in [4.69, 9.17) is 9.47 Å². The molecule has 0 amide bonds. The van der Waals surface area contributed by atoms with Crippen LogP contribution in [0.3, 0.4) is 0 Å². The van der Waals surface area contributed by atoms with Gasteiger partial charge in [0.15, 0.2) is 0 Å². The van der Waals surface area contributed by atoms with E-state index in [1.807, 2.05) is 6.92 Å². The van der Waals surface area contributed by atoms with Crippen molar-refractivity contribution in [2.45, 2.75) is 47.0 Å². The minimum Gasteiger partial charge on any atom is -0.382 e. The topological polar surface area (TPSA) is 30.5 Å². The van der Waals surface area contributed by atoms with E-state index in [-0.39, 0.29) is 0 Å². The van der Waals surface area contributed by atoms with Gasteiger partial charge in [-0.1, -0.05) is 20.8 Å². The van der Waals surface area contributed by atoms with Crippen LogP contribution in [0.1, 0.15) is 47.0 Å². The number of nitrogens with one attached hydrogen (secondary N) is 1. The van der Waals surface area contributed by atoms with Gasteiger partial charge in [-0.2, -0.15) is 0 Å². The molecule has 0 aromatic heterocycles. The Labute approximate surface area is 107 Å². The zero-order valence-corrected chi connectivity index (χ0v) is 12.2. The van der Waals surface area contributed by atoms with Crippen molar-refractivity contribution in [3.63, 3.8) is 0 Å². The highest BCUT2D eigenvalue weighted by molar-refractivity contribution is 4.60. The van der Waals surface area contributed by atoms with Crippen LogP contribution in [0.5, 0.6) is 0 Å². The van der Waals surface area contributed by atoms with Crippen LogP contribution in [0.4, 0.5) is 0 Å². The SMILES string of the molecule is CCOCCCCNCCOCCC(C)(C)C. The molecule has 0 heterocycles. The summed E-state index contributed by atoms with van der Waals surface area (Å²) in [5, 5.41) is 3.38. The summed E-state index contributed by atoms with van der Waals surface area (Å²) in [6.07, 6.45) is 3.45. The number of hydrogen-bond donors (Lipinski definition) is 1. The van der Waals surface area contributed by atoms with Gasteiger partial charge >= 0.3 is 0 Å². The highest BCUT2D eigenvalue weighted by Crippen LogP contribution is 2.17. The molecule has 0 spiro atoms. The first-order valence-corrected chi connectivity index (χ1v) is 6.92. The van der Waals surface area contributed by atoms with Crippen LogP contribution in [0.25, 0.3) is 0 Å². The van der Waals surface area contributed by atoms with Crippen molar-refractivity contribution in [3.8, 4) is 0 Å². The molecule has 0 rings (SSSR count). The molecule has 0 saturated heterocycles. The number of hydrogen-bond acceptors (Lipinski definition) is 3. The van der Waals surface area contributed by atoms with Gasteiger partial charge in [0, 0.05) is 26.4 Å². The Morgan fingerprint density at radius 2 is 1.65 bits per heavy atom. The van der Waals surface area contributed by atoms with Crippen LogP contribution >= 0.6 is 0 Å². The number of unbranched alkanes of at least 4 members (excludes halogenated alkanes) is 1. The molecule has 0 aromatic rings. The van der Waals surface area contributed by atoms with Crippen molar-refractivity contribution in [1.82, 2.24) is 5.32 Å². The Morgan fingerprint density at radius 3 is 2.29 bits per heavy atom. The zero-order chi connectivity index (χ0) is 13.0. The Balaban J connectivity index is 2.99. The second kappa shape index (κ2) is 11.0. The first kappa shape index (κ1) is 16.9. The maximum Gasteiger partial charge on any atom is 0.0590 e. The van der Waals surface area contributed by atoms with Gasteiger partial charge in [0.2, 0.25) is 0 Å². The fraction of sp³-hybridized carbons (Fsp3) is 1.00. The molecule has 17 heavy (non-hydrogen) atoms. The Morgan fingerprint density at radius 1 is 0.882 bits per heavy atom. The maximum absolute atomic E-state index is 5.57. The van der Waals surface area contributed by atoms with Crippen molar-refractivity contribution in [1.29, 1.82) is 0 Å². The summed E-state index contributed by atoms with van der Waals surface area (Å²) in [5.74, 6) is 0. The molecule has 0 bridgehead atoms. The van der Waals surface area contributed by atoms with E-state index in [0.29, 0.717) is 5.41 Å². The molecule has 0 aliphatic carbocycles. The molecule has 0 radical (unpaired) electrons. The number of rotatable bonds is 11. The highest BCUT2D eigenvalue weighted by Gasteiger charge is 2.08. The Kier molecular flexibility index (Phi) is 10.9. The molecule has 0 aliphatic heterocycles. The summed E-state index contributed by atoms with van der Waals surface area (Å²) >= 11 is 0. The van der Waals surface area contributed by atoms with Gasteiger partial charge < -0.3 is 14.8 Å². The quantitative estimate of drug-likeness (QED) is 0.568. The molecule has 1 N–H and O–H groups in total. The van der Waals surface area contributed by atoms with Crippen molar-refractivity contribution in [2.75, 3.05) is 39.5 Å². The first-order valence-electron chi connectivity index (χ1n) is 6.92. The molecule has 0 aromatic carbocycles. The second-order valence-corrected chi connectivity index (χ2v) is 5.58. The van der Waals surface area contributed by atoms with E-state index in [1.165, 1.54) is 6.42 Å².